The Hall–Kier alpha value is -1.25. The molecule has 4 unspecified atom stereocenters. The van der Waals surface area contributed by atoms with Crippen LogP contribution >= 0.6 is 0 Å². The van der Waals surface area contributed by atoms with Crippen molar-refractivity contribution in [2.45, 2.75) is 193 Å². The molecule has 4 rings (SSSR count). The van der Waals surface area contributed by atoms with E-state index in [4.69, 9.17) is 42.0 Å². The summed E-state index contributed by atoms with van der Waals surface area (Å²) in [7, 11) is 0.347. The topological polar surface area (TPSA) is 151 Å². The fourth-order valence-electron chi connectivity index (χ4n) is 6.03. The molecular weight excluding hydrogens is 721 g/mol. The molecule has 4 aliphatic rings. The van der Waals surface area contributed by atoms with Crippen molar-refractivity contribution in [3.05, 3.63) is 0 Å². The van der Waals surface area contributed by atoms with Crippen molar-refractivity contribution >= 4 is 44.7 Å². The van der Waals surface area contributed by atoms with Gasteiger partial charge in [-0.15, -0.1) is 0 Å². The number of rotatable bonds is 13. The first kappa shape index (κ1) is 51.8. The van der Waals surface area contributed by atoms with E-state index in [2.05, 4.69) is 13.1 Å². The molecule has 0 aromatic carbocycles. The Labute approximate surface area is 324 Å². The third kappa shape index (κ3) is 18.5. The molecule has 0 spiro atoms. The Morgan fingerprint density at radius 1 is 0.472 bits per heavy atom. The standard InChI is InChI=1S/4C9H16O3.C2H10OSi2/c4*1-4-5-9(6-10)7-11-8(2,3)12-9;1-5(2)3-4/h4*6H,4-5,7H2,1-3H3;5H,1-2,4H3. The van der Waals surface area contributed by atoms with E-state index in [0.29, 0.717) is 26.4 Å². The Bertz CT molecular complexity index is 942. The van der Waals surface area contributed by atoms with Gasteiger partial charge < -0.3 is 61.2 Å². The Kier molecular flexibility index (Phi) is 22.0. The Morgan fingerprint density at radius 3 is 0.717 bits per heavy atom. The predicted octanol–water partition coefficient (Wildman–Crippen LogP) is 5.30. The molecule has 4 saturated heterocycles. The summed E-state index contributed by atoms with van der Waals surface area (Å²) in [6.45, 7) is 28.6. The zero-order chi connectivity index (χ0) is 41.3. The number of ether oxygens (including phenoxy) is 8. The van der Waals surface area contributed by atoms with Crippen LogP contribution in [0.4, 0.5) is 0 Å². The van der Waals surface area contributed by atoms with E-state index in [1.807, 2.05) is 83.1 Å². The van der Waals surface area contributed by atoms with Gasteiger partial charge in [-0.2, -0.15) is 0 Å². The summed E-state index contributed by atoms with van der Waals surface area (Å²) in [4.78, 5) is 43.2. The third-order valence-corrected chi connectivity index (χ3v) is 12.2. The maximum Gasteiger partial charge on any atom is 0.164 e. The highest BCUT2D eigenvalue weighted by Gasteiger charge is 2.47. The SMILES string of the molecule is CCCC1(C=O)COC(C)(C)O1.CCCC1(C=O)COC(C)(C)O1.CCCC1(C=O)COC(C)(C)O1.CCCC1(C=O)COC(C)(C)O1.C[SiH](C)O[SiH3]. The monoisotopic (exact) mass is 794 g/mol. The second-order valence-electron chi connectivity index (χ2n) is 16.2. The highest BCUT2D eigenvalue weighted by atomic mass is 28.3. The summed E-state index contributed by atoms with van der Waals surface area (Å²) in [5.41, 5.74) is -2.73. The number of carbonyl (C=O) groups excluding carboxylic acids is 4. The lowest BCUT2D eigenvalue weighted by atomic mass is 10.0. The molecule has 312 valence electrons. The normalized spacial score (nSPS) is 31.4. The Morgan fingerprint density at radius 2 is 0.642 bits per heavy atom. The lowest BCUT2D eigenvalue weighted by molar-refractivity contribution is -0.166. The fourth-order valence-corrected chi connectivity index (χ4v) is 6.03. The molecule has 0 aromatic heterocycles. The average molecular weight is 795 g/mol. The molecule has 0 aliphatic carbocycles. The van der Waals surface area contributed by atoms with E-state index >= 15 is 0 Å². The van der Waals surface area contributed by atoms with Crippen molar-refractivity contribution in [3.8, 4) is 0 Å². The second kappa shape index (κ2) is 22.5. The third-order valence-electron chi connectivity index (χ3n) is 8.48. The summed E-state index contributed by atoms with van der Waals surface area (Å²) in [5.74, 6) is -2.40. The molecule has 0 radical (unpaired) electrons. The van der Waals surface area contributed by atoms with Gasteiger partial charge in [-0.1, -0.05) is 53.4 Å². The van der Waals surface area contributed by atoms with Crippen LogP contribution in [-0.2, 0) is 61.2 Å². The summed E-state index contributed by atoms with van der Waals surface area (Å²) in [6, 6.07) is 0. The van der Waals surface area contributed by atoms with E-state index in [9.17, 15) is 19.2 Å². The highest BCUT2D eigenvalue weighted by Crippen LogP contribution is 2.35. The van der Waals surface area contributed by atoms with Gasteiger partial charge in [0.05, 0.1) is 26.4 Å². The number of hydrogen-bond acceptors (Lipinski definition) is 13. The Balaban J connectivity index is 0.000000652. The van der Waals surface area contributed by atoms with Crippen molar-refractivity contribution in [2.75, 3.05) is 26.4 Å². The number of hydrogen-bond donors (Lipinski definition) is 0. The first-order chi connectivity index (χ1) is 24.4. The van der Waals surface area contributed by atoms with E-state index < -0.39 is 54.6 Å². The minimum atomic E-state index is -0.682. The van der Waals surface area contributed by atoms with Crippen LogP contribution in [0.3, 0.4) is 0 Å². The molecule has 4 fully saturated rings. The number of carbonyl (C=O) groups is 4. The van der Waals surface area contributed by atoms with Gasteiger partial charge in [0.1, 0.15) is 32.9 Å². The van der Waals surface area contributed by atoms with Gasteiger partial charge in [-0.25, -0.2) is 0 Å². The minimum Gasteiger partial charge on any atom is -0.466 e. The van der Waals surface area contributed by atoms with E-state index in [1.165, 1.54) is 0 Å². The molecule has 15 heteroatoms. The average Bonchev–Trinajstić information content (AvgIpc) is 3.78. The van der Waals surface area contributed by atoms with Crippen LogP contribution in [-0.4, -0.2) is 117 Å². The minimum absolute atomic E-state index is 0.386. The van der Waals surface area contributed by atoms with Gasteiger partial charge in [-0.3, -0.25) is 0 Å². The molecule has 0 aromatic rings. The van der Waals surface area contributed by atoms with E-state index in [1.54, 1.807) is 0 Å². The van der Waals surface area contributed by atoms with Crippen LogP contribution in [0.5, 0.6) is 0 Å². The molecule has 0 saturated carbocycles. The lowest BCUT2D eigenvalue weighted by Gasteiger charge is -2.22. The van der Waals surface area contributed by atoms with Crippen molar-refractivity contribution in [1.82, 2.24) is 0 Å². The zero-order valence-corrected chi connectivity index (χ0v) is 38.8. The van der Waals surface area contributed by atoms with Crippen molar-refractivity contribution in [2.24, 2.45) is 0 Å². The lowest BCUT2D eigenvalue weighted by Crippen LogP contribution is -2.35. The smallest absolute Gasteiger partial charge is 0.164 e. The van der Waals surface area contributed by atoms with Crippen molar-refractivity contribution in [3.63, 3.8) is 0 Å². The fraction of sp³-hybridized carbons (Fsp3) is 0.895. The maximum absolute atomic E-state index is 10.8. The molecule has 0 amide bonds. The van der Waals surface area contributed by atoms with Crippen LogP contribution in [0.2, 0.25) is 13.1 Å². The summed E-state index contributed by atoms with van der Waals surface area (Å²) in [6.07, 6.45) is 10.1. The van der Waals surface area contributed by atoms with Gasteiger partial charge in [0.2, 0.25) is 0 Å². The van der Waals surface area contributed by atoms with Crippen molar-refractivity contribution < 1.29 is 61.2 Å². The van der Waals surface area contributed by atoms with Crippen molar-refractivity contribution in [1.29, 1.82) is 0 Å². The maximum atomic E-state index is 10.8. The van der Waals surface area contributed by atoms with Crippen LogP contribution in [0.25, 0.3) is 0 Å². The van der Waals surface area contributed by atoms with E-state index in [0.717, 1.165) is 87.0 Å². The van der Waals surface area contributed by atoms with Crippen LogP contribution in [0.15, 0.2) is 0 Å². The first-order valence-corrected chi connectivity index (χ1v) is 22.8. The molecule has 4 heterocycles. The molecule has 0 N–H and O–H groups in total. The van der Waals surface area contributed by atoms with Crippen LogP contribution < -0.4 is 0 Å². The van der Waals surface area contributed by atoms with Crippen LogP contribution in [0.1, 0.15) is 134 Å². The first-order valence-electron chi connectivity index (χ1n) is 19.2. The number of aldehydes is 4. The molecule has 4 atom stereocenters. The highest BCUT2D eigenvalue weighted by molar-refractivity contribution is 6.52. The largest absolute Gasteiger partial charge is 0.466 e. The van der Waals surface area contributed by atoms with Gasteiger partial charge >= 0.3 is 0 Å². The van der Waals surface area contributed by atoms with Gasteiger partial charge in [-0.05, 0) is 94.2 Å². The van der Waals surface area contributed by atoms with E-state index in [-0.39, 0.29) is 0 Å². The zero-order valence-electron chi connectivity index (χ0n) is 35.7. The van der Waals surface area contributed by atoms with Crippen LogP contribution in [0, 0.1) is 0 Å². The molecule has 53 heavy (non-hydrogen) atoms. The van der Waals surface area contributed by atoms with Gasteiger partial charge in [0.15, 0.2) is 57.3 Å². The predicted molar refractivity (Wildman–Crippen MR) is 209 cm³/mol. The molecule has 0 bridgehead atoms. The molecule has 13 nitrogen and oxygen atoms in total. The summed E-state index contributed by atoms with van der Waals surface area (Å²) >= 11 is 0. The quantitative estimate of drug-likeness (QED) is 0.176. The second-order valence-corrected chi connectivity index (χ2v) is 20.2. The summed E-state index contributed by atoms with van der Waals surface area (Å²) in [5, 5.41) is 0. The van der Waals surface area contributed by atoms with Gasteiger partial charge in [0.25, 0.3) is 0 Å². The molecular formula is C38H74O13Si2. The molecule has 4 aliphatic heterocycles. The van der Waals surface area contributed by atoms with Gasteiger partial charge in [0, 0.05) is 0 Å². The summed E-state index contributed by atoms with van der Waals surface area (Å²) < 4.78 is 48.6.